The topological polar surface area (TPSA) is 58.6 Å². The van der Waals surface area contributed by atoms with Gasteiger partial charge in [0.2, 0.25) is 11.8 Å². The number of anilines is 1. The van der Waals surface area contributed by atoms with Gasteiger partial charge in [0, 0.05) is 20.0 Å². The van der Waals surface area contributed by atoms with Crippen molar-refractivity contribution < 1.29 is 14.3 Å². The summed E-state index contributed by atoms with van der Waals surface area (Å²) in [5.74, 6) is 0.513. The zero-order valence-electron chi connectivity index (χ0n) is 15.6. The number of para-hydroxylation sites is 2. The van der Waals surface area contributed by atoms with Gasteiger partial charge in [-0.05, 0) is 31.5 Å². The minimum atomic E-state index is -0.0925. The molecule has 0 saturated carbocycles. The largest absolute Gasteiger partial charge is 0.492 e. The number of rotatable bonds is 8. The molecule has 0 bridgehead atoms. The molecule has 0 spiro atoms. The van der Waals surface area contributed by atoms with Crippen LogP contribution in [0.1, 0.15) is 25.0 Å². The molecule has 138 valence electrons. The van der Waals surface area contributed by atoms with Gasteiger partial charge >= 0.3 is 0 Å². The van der Waals surface area contributed by atoms with Gasteiger partial charge in [0.15, 0.2) is 0 Å². The summed E-state index contributed by atoms with van der Waals surface area (Å²) in [7, 11) is 0. The molecule has 5 nitrogen and oxygen atoms in total. The quantitative estimate of drug-likeness (QED) is 0.792. The number of carbonyl (C=O) groups is 2. The van der Waals surface area contributed by atoms with Gasteiger partial charge in [-0.1, -0.05) is 42.0 Å². The van der Waals surface area contributed by atoms with Crippen molar-refractivity contribution in [1.29, 1.82) is 0 Å². The summed E-state index contributed by atoms with van der Waals surface area (Å²) in [6, 6.07) is 15.3. The molecule has 2 amide bonds. The van der Waals surface area contributed by atoms with E-state index >= 15 is 0 Å². The van der Waals surface area contributed by atoms with E-state index in [2.05, 4.69) is 5.32 Å². The van der Waals surface area contributed by atoms with Gasteiger partial charge in [-0.15, -0.1) is 0 Å². The van der Waals surface area contributed by atoms with Crippen molar-refractivity contribution in [2.75, 3.05) is 24.6 Å². The lowest BCUT2D eigenvalue weighted by molar-refractivity contribution is -0.121. The Morgan fingerprint density at radius 3 is 2.58 bits per heavy atom. The highest BCUT2D eigenvalue weighted by molar-refractivity contribution is 5.93. The Kier molecular flexibility index (Phi) is 7.21. The van der Waals surface area contributed by atoms with Crippen LogP contribution in [0.5, 0.6) is 5.75 Å². The van der Waals surface area contributed by atoms with E-state index in [9.17, 15) is 9.59 Å². The smallest absolute Gasteiger partial charge is 0.224 e. The van der Waals surface area contributed by atoms with E-state index in [0.29, 0.717) is 31.9 Å². The average molecular weight is 354 g/mol. The normalized spacial score (nSPS) is 10.3. The molecule has 2 aromatic rings. The first-order valence-corrected chi connectivity index (χ1v) is 8.83. The predicted molar refractivity (Wildman–Crippen MR) is 104 cm³/mol. The molecule has 26 heavy (non-hydrogen) atoms. The molecule has 0 radical (unpaired) electrons. The highest BCUT2D eigenvalue weighted by Crippen LogP contribution is 2.27. The van der Waals surface area contributed by atoms with Crippen LogP contribution in [0.4, 0.5) is 5.69 Å². The summed E-state index contributed by atoms with van der Waals surface area (Å²) in [5.41, 5.74) is 2.83. The third-order valence-corrected chi connectivity index (χ3v) is 3.94. The van der Waals surface area contributed by atoms with Crippen molar-refractivity contribution in [2.24, 2.45) is 0 Å². The van der Waals surface area contributed by atoms with Crippen molar-refractivity contribution in [3.8, 4) is 5.75 Å². The SMILES string of the molecule is CCOc1ccccc1N(CCNC(=O)Cc1cccc(C)c1)C(C)=O. The predicted octanol–water partition coefficient (Wildman–Crippen LogP) is 3.11. The lowest BCUT2D eigenvalue weighted by atomic mass is 10.1. The summed E-state index contributed by atoms with van der Waals surface area (Å²) in [6.45, 7) is 6.71. The molecule has 0 saturated heterocycles. The Morgan fingerprint density at radius 2 is 1.88 bits per heavy atom. The first-order valence-electron chi connectivity index (χ1n) is 8.83. The maximum atomic E-state index is 12.1. The molecule has 0 heterocycles. The number of aryl methyl sites for hydroxylation is 1. The Balaban J connectivity index is 1.95. The molecule has 2 rings (SSSR count). The Labute approximate surface area is 155 Å². The summed E-state index contributed by atoms with van der Waals surface area (Å²) in [5, 5.41) is 2.88. The van der Waals surface area contributed by atoms with Gasteiger partial charge in [-0.3, -0.25) is 9.59 Å². The van der Waals surface area contributed by atoms with Gasteiger partial charge in [0.1, 0.15) is 5.75 Å². The first-order chi connectivity index (χ1) is 12.5. The van der Waals surface area contributed by atoms with Crippen LogP contribution < -0.4 is 15.0 Å². The van der Waals surface area contributed by atoms with Crippen molar-refractivity contribution in [3.05, 3.63) is 59.7 Å². The number of nitrogens with one attached hydrogen (secondary N) is 1. The maximum absolute atomic E-state index is 12.1. The molecule has 0 aliphatic heterocycles. The van der Waals surface area contributed by atoms with Gasteiger partial charge in [0.05, 0.1) is 18.7 Å². The zero-order chi connectivity index (χ0) is 18.9. The lowest BCUT2D eigenvalue weighted by Gasteiger charge is -2.23. The van der Waals surface area contributed by atoms with Crippen LogP contribution in [0.15, 0.2) is 48.5 Å². The average Bonchev–Trinajstić information content (AvgIpc) is 2.59. The van der Waals surface area contributed by atoms with Gasteiger partial charge in [-0.2, -0.15) is 0 Å². The Bertz CT molecular complexity index is 758. The number of nitrogens with zero attached hydrogens (tertiary/aromatic N) is 1. The third-order valence-electron chi connectivity index (χ3n) is 3.94. The maximum Gasteiger partial charge on any atom is 0.224 e. The van der Waals surface area contributed by atoms with E-state index in [1.807, 2.05) is 62.4 Å². The van der Waals surface area contributed by atoms with E-state index in [0.717, 1.165) is 16.8 Å². The molecule has 0 unspecified atom stereocenters. The second kappa shape index (κ2) is 9.61. The van der Waals surface area contributed by atoms with E-state index in [-0.39, 0.29) is 11.8 Å². The van der Waals surface area contributed by atoms with Crippen LogP contribution in [-0.2, 0) is 16.0 Å². The van der Waals surface area contributed by atoms with Crippen molar-refractivity contribution in [1.82, 2.24) is 5.32 Å². The highest BCUT2D eigenvalue weighted by Gasteiger charge is 2.16. The van der Waals surface area contributed by atoms with E-state index in [1.165, 1.54) is 6.92 Å². The number of carbonyl (C=O) groups excluding carboxylic acids is 2. The second-order valence-electron chi connectivity index (χ2n) is 6.09. The molecule has 5 heteroatoms. The van der Waals surface area contributed by atoms with Crippen LogP contribution in [0.3, 0.4) is 0 Å². The second-order valence-corrected chi connectivity index (χ2v) is 6.09. The summed E-state index contributed by atoms with van der Waals surface area (Å²) >= 11 is 0. The molecule has 0 aromatic heterocycles. The number of hydrogen-bond donors (Lipinski definition) is 1. The van der Waals surface area contributed by atoms with Crippen LogP contribution >= 0.6 is 0 Å². The van der Waals surface area contributed by atoms with E-state index in [4.69, 9.17) is 4.74 Å². The van der Waals surface area contributed by atoms with Gasteiger partial charge in [-0.25, -0.2) is 0 Å². The van der Waals surface area contributed by atoms with Crippen LogP contribution in [0.25, 0.3) is 0 Å². The number of hydrogen-bond acceptors (Lipinski definition) is 3. The molecule has 0 fully saturated rings. The number of ether oxygens (including phenoxy) is 1. The highest BCUT2D eigenvalue weighted by atomic mass is 16.5. The van der Waals surface area contributed by atoms with Crippen molar-refractivity contribution >= 4 is 17.5 Å². The molecular formula is C21H26N2O3. The Hall–Kier alpha value is -2.82. The molecule has 1 N–H and O–H groups in total. The standard InChI is InChI=1S/C21H26N2O3/c1-4-26-20-11-6-5-10-19(20)23(17(3)24)13-12-22-21(25)15-18-9-7-8-16(2)14-18/h5-11,14H,4,12-13,15H2,1-3H3,(H,22,25). The minimum Gasteiger partial charge on any atom is -0.492 e. The molecular weight excluding hydrogens is 328 g/mol. The summed E-state index contributed by atoms with van der Waals surface area (Å²) in [6.07, 6.45) is 0.331. The van der Waals surface area contributed by atoms with E-state index in [1.54, 1.807) is 4.90 Å². The summed E-state index contributed by atoms with van der Waals surface area (Å²) < 4.78 is 5.60. The molecule has 0 aliphatic carbocycles. The fourth-order valence-electron chi connectivity index (χ4n) is 2.78. The first kappa shape index (κ1) is 19.5. The third kappa shape index (κ3) is 5.62. The van der Waals surface area contributed by atoms with Crippen LogP contribution in [0, 0.1) is 6.92 Å². The zero-order valence-corrected chi connectivity index (χ0v) is 15.6. The number of amides is 2. The van der Waals surface area contributed by atoms with Crippen molar-refractivity contribution in [3.63, 3.8) is 0 Å². The van der Waals surface area contributed by atoms with Gasteiger partial charge < -0.3 is 15.0 Å². The number of benzene rings is 2. The fraction of sp³-hybridized carbons (Fsp3) is 0.333. The summed E-state index contributed by atoms with van der Waals surface area (Å²) in [4.78, 5) is 25.8. The monoisotopic (exact) mass is 354 g/mol. The van der Waals surface area contributed by atoms with Crippen LogP contribution in [-0.4, -0.2) is 31.5 Å². The van der Waals surface area contributed by atoms with Crippen molar-refractivity contribution in [2.45, 2.75) is 27.2 Å². The van der Waals surface area contributed by atoms with E-state index < -0.39 is 0 Å². The van der Waals surface area contributed by atoms with Crippen LogP contribution in [0.2, 0.25) is 0 Å². The molecule has 2 aromatic carbocycles. The minimum absolute atomic E-state index is 0.0582. The molecule has 0 atom stereocenters. The molecule has 0 aliphatic rings. The lowest BCUT2D eigenvalue weighted by Crippen LogP contribution is -2.38. The fourth-order valence-corrected chi connectivity index (χ4v) is 2.78. The van der Waals surface area contributed by atoms with Gasteiger partial charge in [0.25, 0.3) is 0 Å². The Morgan fingerprint density at radius 1 is 1.12 bits per heavy atom.